The summed E-state index contributed by atoms with van der Waals surface area (Å²) in [6, 6.07) is 6.31. The van der Waals surface area contributed by atoms with E-state index in [0.717, 1.165) is 6.42 Å². The molecule has 1 aromatic carbocycles. The monoisotopic (exact) mass is 266 g/mol. The molecule has 0 saturated heterocycles. The largest absolute Gasteiger partial charge is 0.507 e. The molecular formula is C15H22O4. The van der Waals surface area contributed by atoms with Gasteiger partial charge in [0.1, 0.15) is 11.3 Å². The fourth-order valence-corrected chi connectivity index (χ4v) is 1.82. The summed E-state index contributed by atoms with van der Waals surface area (Å²) in [6.07, 6.45) is 1.81. The third-order valence-electron chi connectivity index (χ3n) is 3.23. The topological polar surface area (TPSA) is 66.8 Å². The van der Waals surface area contributed by atoms with Gasteiger partial charge in [-0.1, -0.05) is 26.0 Å². The van der Waals surface area contributed by atoms with Crippen molar-refractivity contribution in [3.63, 3.8) is 0 Å². The predicted molar refractivity (Wildman–Crippen MR) is 73.1 cm³/mol. The molecule has 2 N–H and O–H groups in total. The van der Waals surface area contributed by atoms with Gasteiger partial charge in [-0.15, -0.1) is 0 Å². The minimum Gasteiger partial charge on any atom is -0.507 e. The van der Waals surface area contributed by atoms with Gasteiger partial charge in [0, 0.05) is 0 Å². The number of aromatic hydroxyl groups is 1. The van der Waals surface area contributed by atoms with Crippen molar-refractivity contribution in [3.8, 4) is 5.75 Å². The number of para-hydroxylation sites is 1. The SMILES string of the molecule is CCC(O)CC(CC)COC(=O)c1ccccc1O. The van der Waals surface area contributed by atoms with E-state index in [1.165, 1.54) is 12.1 Å². The number of benzene rings is 1. The molecule has 0 aromatic heterocycles. The molecule has 19 heavy (non-hydrogen) atoms. The molecule has 0 heterocycles. The van der Waals surface area contributed by atoms with E-state index in [2.05, 4.69) is 0 Å². The Hall–Kier alpha value is -1.55. The first-order chi connectivity index (χ1) is 9.08. The number of phenols is 1. The number of carbonyl (C=O) groups is 1. The molecule has 0 aliphatic heterocycles. The molecule has 1 rings (SSSR count). The zero-order valence-electron chi connectivity index (χ0n) is 11.5. The van der Waals surface area contributed by atoms with Crippen LogP contribution in [0.3, 0.4) is 0 Å². The van der Waals surface area contributed by atoms with Crippen molar-refractivity contribution >= 4 is 5.97 Å². The highest BCUT2D eigenvalue weighted by molar-refractivity contribution is 5.92. The van der Waals surface area contributed by atoms with E-state index in [9.17, 15) is 15.0 Å². The van der Waals surface area contributed by atoms with Gasteiger partial charge in [0.05, 0.1) is 12.7 Å². The van der Waals surface area contributed by atoms with Crippen LogP contribution in [0.4, 0.5) is 0 Å². The lowest BCUT2D eigenvalue weighted by Crippen LogP contribution is -2.19. The molecule has 0 radical (unpaired) electrons. The van der Waals surface area contributed by atoms with E-state index in [1.807, 2.05) is 13.8 Å². The summed E-state index contributed by atoms with van der Waals surface area (Å²) in [5.41, 5.74) is 0.174. The second-order valence-corrected chi connectivity index (χ2v) is 4.69. The van der Waals surface area contributed by atoms with Crippen LogP contribution in [0.5, 0.6) is 5.75 Å². The van der Waals surface area contributed by atoms with Gasteiger partial charge in [0.2, 0.25) is 0 Å². The standard InChI is InChI=1S/C15H22O4/c1-3-11(9-12(16)4-2)10-19-15(18)13-7-5-6-8-14(13)17/h5-8,11-12,16-17H,3-4,9-10H2,1-2H3. The lowest BCUT2D eigenvalue weighted by atomic mass is 9.98. The van der Waals surface area contributed by atoms with Gasteiger partial charge in [0.15, 0.2) is 0 Å². The van der Waals surface area contributed by atoms with Crippen LogP contribution in [0.15, 0.2) is 24.3 Å². The molecule has 0 saturated carbocycles. The zero-order chi connectivity index (χ0) is 14.3. The number of carbonyl (C=O) groups excluding carboxylic acids is 1. The first-order valence-corrected chi connectivity index (χ1v) is 6.71. The second-order valence-electron chi connectivity index (χ2n) is 4.69. The van der Waals surface area contributed by atoms with Gasteiger partial charge in [-0.05, 0) is 37.3 Å². The van der Waals surface area contributed by atoms with Gasteiger partial charge >= 0.3 is 5.97 Å². The van der Waals surface area contributed by atoms with Crippen molar-refractivity contribution in [2.75, 3.05) is 6.61 Å². The molecule has 4 nitrogen and oxygen atoms in total. The highest BCUT2D eigenvalue weighted by atomic mass is 16.5. The highest BCUT2D eigenvalue weighted by Crippen LogP contribution is 2.18. The number of hydrogen-bond donors (Lipinski definition) is 2. The van der Waals surface area contributed by atoms with Crippen LogP contribution in [0.1, 0.15) is 43.5 Å². The van der Waals surface area contributed by atoms with Gasteiger partial charge in [0.25, 0.3) is 0 Å². The Labute approximate surface area is 114 Å². The summed E-state index contributed by atoms with van der Waals surface area (Å²) < 4.78 is 5.20. The number of hydrogen-bond acceptors (Lipinski definition) is 4. The molecule has 0 aliphatic rings. The Morgan fingerprint density at radius 3 is 2.53 bits per heavy atom. The Balaban J connectivity index is 2.51. The molecule has 2 atom stereocenters. The number of rotatable bonds is 7. The summed E-state index contributed by atoms with van der Waals surface area (Å²) >= 11 is 0. The molecule has 0 aliphatic carbocycles. The van der Waals surface area contributed by atoms with Gasteiger partial charge < -0.3 is 14.9 Å². The van der Waals surface area contributed by atoms with Crippen LogP contribution in [-0.4, -0.2) is 28.9 Å². The number of ether oxygens (including phenoxy) is 1. The third kappa shape index (κ3) is 4.91. The molecule has 0 spiro atoms. The smallest absolute Gasteiger partial charge is 0.341 e. The normalized spacial score (nSPS) is 13.8. The van der Waals surface area contributed by atoms with Crippen LogP contribution < -0.4 is 0 Å². The summed E-state index contributed by atoms with van der Waals surface area (Å²) in [5, 5.41) is 19.2. The average molecular weight is 266 g/mol. The maximum absolute atomic E-state index is 11.8. The quantitative estimate of drug-likeness (QED) is 0.745. The van der Waals surface area contributed by atoms with E-state index in [4.69, 9.17) is 4.74 Å². The molecule has 106 valence electrons. The van der Waals surface area contributed by atoms with Crippen LogP contribution in [0, 0.1) is 5.92 Å². The first-order valence-electron chi connectivity index (χ1n) is 6.71. The molecule has 4 heteroatoms. The minimum atomic E-state index is -0.525. The summed E-state index contributed by atoms with van der Waals surface area (Å²) in [4.78, 5) is 11.8. The maximum atomic E-state index is 11.8. The lowest BCUT2D eigenvalue weighted by molar-refractivity contribution is 0.0369. The van der Waals surface area contributed by atoms with Crippen molar-refractivity contribution in [2.45, 2.75) is 39.2 Å². The van der Waals surface area contributed by atoms with Crippen molar-refractivity contribution in [3.05, 3.63) is 29.8 Å². The van der Waals surface area contributed by atoms with Crippen LogP contribution in [-0.2, 0) is 4.74 Å². The van der Waals surface area contributed by atoms with E-state index < -0.39 is 5.97 Å². The lowest BCUT2D eigenvalue weighted by Gasteiger charge is -2.18. The van der Waals surface area contributed by atoms with Crippen molar-refractivity contribution in [1.29, 1.82) is 0 Å². The van der Waals surface area contributed by atoms with E-state index in [-0.39, 0.29) is 29.9 Å². The number of phenolic OH excluding ortho intramolecular Hbond substituents is 1. The first kappa shape index (κ1) is 15.5. The van der Waals surface area contributed by atoms with E-state index in [0.29, 0.717) is 12.8 Å². The second kappa shape index (κ2) is 7.79. The van der Waals surface area contributed by atoms with E-state index in [1.54, 1.807) is 12.1 Å². The molecule has 2 unspecified atom stereocenters. The Bertz CT molecular complexity index is 403. The summed E-state index contributed by atoms with van der Waals surface area (Å²) in [5.74, 6) is -0.457. The Morgan fingerprint density at radius 1 is 1.26 bits per heavy atom. The van der Waals surface area contributed by atoms with Gasteiger partial charge in [-0.2, -0.15) is 0 Å². The van der Waals surface area contributed by atoms with Gasteiger partial charge in [-0.3, -0.25) is 0 Å². The summed E-state index contributed by atoms with van der Waals surface area (Å²) in [7, 11) is 0. The van der Waals surface area contributed by atoms with Crippen LogP contribution in [0.2, 0.25) is 0 Å². The number of aliphatic hydroxyl groups is 1. The maximum Gasteiger partial charge on any atom is 0.341 e. The Morgan fingerprint density at radius 2 is 1.95 bits per heavy atom. The highest BCUT2D eigenvalue weighted by Gasteiger charge is 2.16. The summed E-state index contributed by atoms with van der Waals surface area (Å²) in [6.45, 7) is 4.19. The van der Waals surface area contributed by atoms with Crippen molar-refractivity contribution < 1.29 is 19.7 Å². The van der Waals surface area contributed by atoms with Crippen molar-refractivity contribution in [2.24, 2.45) is 5.92 Å². The van der Waals surface area contributed by atoms with Crippen LogP contribution >= 0.6 is 0 Å². The molecule has 0 bridgehead atoms. The zero-order valence-corrected chi connectivity index (χ0v) is 11.5. The van der Waals surface area contributed by atoms with Gasteiger partial charge in [-0.25, -0.2) is 4.79 Å². The molecule has 0 fully saturated rings. The fourth-order valence-electron chi connectivity index (χ4n) is 1.82. The third-order valence-corrected chi connectivity index (χ3v) is 3.23. The van der Waals surface area contributed by atoms with Crippen LogP contribution in [0.25, 0.3) is 0 Å². The minimum absolute atomic E-state index is 0.0749. The number of aliphatic hydroxyl groups excluding tert-OH is 1. The average Bonchev–Trinajstić information content (AvgIpc) is 2.43. The molecular weight excluding hydrogens is 244 g/mol. The van der Waals surface area contributed by atoms with E-state index >= 15 is 0 Å². The van der Waals surface area contributed by atoms with Crippen molar-refractivity contribution in [1.82, 2.24) is 0 Å². The molecule has 0 amide bonds. The fraction of sp³-hybridized carbons (Fsp3) is 0.533. The Kier molecular flexibility index (Phi) is 6.36. The number of esters is 1. The molecule has 1 aromatic rings. The predicted octanol–water partition coefficient (Wildman–Crippen LogP) is 2.74.